The van der Waals surface area contributed by atoms with Gasteiger partial charge in [0.1, 0.15) is 6.04 Å². The third-order valence-electron chi connectivity index (χ3n) is 2.14. The minimum atomic E-state index is -0.170. The number of methoxy groups -OCH3 is 1. The summed E-state index contributed by atoms with van der Waals surface area (Å²) in [7, 11) is 1.42. The van der Waals surface area contributed by atoms with Crippen LogP contribution >= 0.6 is 12.4 Å². The minimum absolute atomic E-state index is 0. The van der Waals surface area contributed by atoms with E-state index >= 15 is 0 Å². The number of hydrogen-bond donors (Lipinski definition) is 0. The summed E-state index contributed by atoms with van der Waals surface area (Å²) in [6.07, 6.45) is 0. The molecule has 0 bridgehead atoms. The summed E-state index contributed by atoms with van der Waals surface area (Å²) in [5.41, 5.74) is 0. The molecule has 1 aliphatic heterocycles. The monoisotopic (exact) mass is 209 g/mol. The number of hydrogen-bond acceptors (Lipinski definition) is 4. The van der Waals surface area contributed by atoms with Gasteiger partial charge in [0.05, 0.1) is 20.3 Å². The maximum atomic E-state index is 11.1. The van der Waals surface area contributed by atoms with E-state index < -0.39 is 0 Å². The molecule has 0 spiro atoms. The fourth-order valence-electron chi connectivity index (χ4n) is 1.28. The Kier molecular flexibility index (Phi) is 6.03. The maximum absolute atomic E-state index is 11.1. The molecule has 0 N–H and O–H groups in total. The lowest BCUT2D eigenvalue weighted by molar-refractivity contribution is -0.147. The van der Waals surface area contributed by atoms with Gasteiger partial charge in [-0.2, -0.15) is 0 Å². The second-order valence-electron chi connectivity index (χ2n) is 2.85. The molecule has 0 aromatic carbocycles. The van der Waals surface area contributed by atoms with Gasteiger partial charge in [0.2, 0.25) is 0 Å². The molecule has 1 aliphatic rings. The van der Waals surface area contributed by atoms with Gasteiger partial charge in [0.25, 0.3) is 0 Å². The molecule has 0 aromatic heterocycles. The van der Waals surface area contributed by atoms with E-state index in [1.54, 1.807) is 0 Å². The van der Waals surface area contributed by atoms with Gasteiger partial charge in [-0.3, -0.25) is 9.69 Å². The molecule has 1 saturated heterocycles. The molecule has 0 aliphatic carbocycles. The van der Waals surface area contributed by atoms with Crippen LogP contribution in [0, 0.1) is 0 Å². The van der Waals surface area contributed by atoms with Gasteiger partial charge in [-0.25, -0.2) is 0 Å². The lowest BCUT2D eigenvalue weighted by Crippen LogP contribution is -2.46. The number of carbonyl (C=O) groups excluding carboxylic acids is 1. The Balaban J connectivity index is 0.00000144. The first kappa shape index (κ1) is 12.7. The average Bonchev–Trinajstić information content (AvgIpc) is 2.17. The maximum Gasteiger partial charge on any atom is 0.322 e. The van der Waals surface area contributed by atoms with Crippen LogP contribution < -0.4 is 0 Å². The Morgan fingerprint density at radius 3 is 2.46 bits per heavy atom. The summed E-state index contributed by atoms with van der Waals surface area (Å²) in [5.74, 6) is -0.170. The molecule has 0 amide bonds. The summed E-state index contributed by atoms with van der Waals surface area (Å²) >= 11 is 0. The lowest BCUT2D eigenvalue weighted by atomic mass is 10.2. The topological polar surface area (TPSA) is 38.8 Å². The van der Waals surface area contributed by atoms with Gasteiger partial charge in [0, 0.05) is 13.1 Å². The number of esters is 1. The summed E-state index contributed by atoms with van der Waals surface area (Å²) in [5, 5.41) is 0. The van der Waals surface area contributed by atoms with Crippen LogP contribution in [0.15, 0.2) is 0 Å². The minimum Gasteiger partial charge on any atom is -0.468 e. The molecule has 1 atom stereocenters. The normalized spacial score (nSPS) is 20.2. The standard InChI is InChI=1S/C8H15NO3.ClH/c1-7(8(10)11-2)9-3-5-12-6-4-9;/h7H,3-6H2,1-2H3;1H/t7-;/m1./s1. The van der Waals surface area contributed by atoms with Gasteiger partial charge >= 0.3 is 5.97 Å². The Morgan fingerprint density at radius 2 is 2.00 bits per heavy atom. The zero-order chi connectivity index (χ0) is 8.97. The van der Waals surface area contributed by atoms with Crippen molar-refractivity contribution in [3.63, 3.8) is 0 Å². The molecule has 1 heterocycles. The van der Waals surface area contributed by atoms with Crippen LogP contribution in [-0.2, 0) is 14.3 Å². The molecule has 13 heavy (non-hydrogen) atoms. The van der Waals surface area contributed by atoms with Crippen LogP contribution in [0.3, 0.4) is 0 Å². The summed E-state index contributed by atoms with van der Waals surface area (Å²) in [6, 6.07) is -0.140. The molecular formula is C8H16ClNO3. The SMILES string of the molecule is COC(=O)[C@@H](C)N1CCOCC1.Cl. The van der Waals surface area contributed by atoms with E-state index in [0.717, 1.165) is 13.1 Å². The molecule has 1 rings (SSSR count). The third-order valence-corrected chi connectivity index (χ3v) is 2.14. The molecule has 1 fully saturated rings. The van der Waals surface area contributed by atoms with Crippen LogP contribution in [0.25, 0.3) is 0 Å². The van der Waals surface area contributed by atoms with Crippen molar-refractivity contribution in [3.05, 3.63) is 0 Å². The number of rotatable bonds is 2. The Bertz CT molecular complexity index is 159. The quantitative estimate of drug-likeness (QED) is 0.614. The van der Waals surface area contributed by atoms with Crippen LogP contribution in [-0.4, -0.2) is 50.3 Å². The van der Waals surface area contributed by atoms with Crippen molar-refractivity contribution >= 4 is 18.4 Å². The van der Waals surface area contributed by atoms with Crippen molar-refractivity contribution in [1.29, 1.82) is 0 Å². The van der Waals surface area contributed by atoms with Crippen molar-refractivity contribution in [1.82, 2.24) is 4.90 Å². The summed E-state index contributed by atoms with van der Waals surface area (Å²) in [6.45, 7) is 4.91. The number of halogens is 1. The predicted molar refractivity (Wildman–Crippen MR) is 51.1 cm³/mol. The average molecular weight is 210 g/mol. The van der Waals surface area contributed by atoms with E-state index in [4.69, 9.17) is 4.74 Å². The van der Waals surface area contributed by atoms with Crippen LogP contribution in [0.2, 0.25) is 0 Å². The number of nitrogens with zero attached hydrogens (tertiary/aromatic N) is 1. The smallest absolute Gasteiger partial charge is 0.322 e. The summed E-state index contributed by atoms with van der Waals surface area (Å²) < 4.78 is 9.81. The zero-order valence-corrected chi connectivity index (χ0v) is 8.80. The van der Waals surface area contributed by atoms with Gasteiger partial charge in [0.15, 0.2) is 0 Å². The molecule has 0 radical (unpaired) electrons. The van der Waals surface area contributed by atoms with Crippen molar-refractivity contribution in [2.45, 2.75) is 13.0 Å². The molecular weight excluding hydrogens is 194 g/mol. The van der Waals surface area contributed by atoms with E-state index in [2.05, 4.69) is 9.64 Å². The molecule has 0 unspecified atom stereocenters. The Hall–Kier alpha value is -0.320. The molecule has 0 aromatic rings. The van der Waals surface area contributed by atoms with E-state index in [1.807, 2.05) is 6.92 Å². The van der Waals surface area contributed by atoms with Gasteiger partial charge < -0.3 is 9.47 Å². The van der Waals surface area contributed by atoms with Crippen LogP contribution in [0.4, 0.5) is 0 Å². The highest BCUT2D eigenvalue weighted by Crippen LogP contribution is 2.04. The van der Waals surface area contributed by atoms with E-state index in [9.17, 15) is 4.79 Å². The van der Waals surface area contributed by atoms with E-state index in [0.29, 0.717) is 13.2 Å². The van der Waals surface area contributed by atoms with Gasteiger partial charge in [-0.1, -0.05) is 0 Å². The third kappa shape index (κ3) is 3.50. The number of carbonyl (C=O) groups is 1. The Labute approximate surface area is 84.6 Å². The van der Waals surface area contributed by atoms with Gasteiger partial charge in [-0.05, 0) is 6.92 Å². The van der Waals surface area contributed by atoms with E-state index in [1.165, 1.54) is 7.11 Å². The molecule has 5 heteroatoms. The second kappa shape index (κ2) is 6.18. The van der Waals surface area contributed by atoms with E-state index in [-0.39, 0.29) is 24.4 Å². The zero-order valence-electron chi connectivity index (χ0n) is 7.99. The molecule has 4 nitrogen and oxygen atoms in total. The first-order chi connectivity index (χ1) is 5.75. The first-order valence-corrected chi connectivity index (χ1v) is 4.15. The molecule has 78 valence electrons. The largest absolute Gasteiger partial charge is 0.468 e. The lowest BCUT2D eigenvalue weighted by Gasteiger charge is -2.30. The Morgan fingerprint density at radius 1 is 1.46 bits per heavy atom. The van der Waals surface area contributed by atoms with Crippen LogP contribution in [0.5, 0.6) is 0 Å². The summed E-state index contributed by atoms with van der Waals surface area (Å²) in [4.78, 5) is 13.2. The fourth-order valence-corrected chi connectivity index (χ4v) is 1.28. The first-order valence-electron chi connectivity index (χ1n) is 4.15. The number of morpholine rings is 1. The second-order valence-corrected chi connectivity index (χ2v) is 2.85. The van der Waals surface area contributed by atoms with Crippen molar-refractivity contribution in [2.24, 2.45) is 0 Å². The van der Waals surface area contributed by atoms with Gasteiger partial charge in [-0.15, -0.1) is 12.4 Å². The number of ether oxygens (including phenoxy) is 2. The highest BCUT2D eigenvalue weighted by Gasteiger charge is 2.23. The van der Waals surface area contributed by atoms with Crippen molar-refractivity contribution in [3.8, 4) is 0 Å². The van der Waals surface area contributed by atoms with Crippen LogP contribution in [0.1, 0.15) is 6.92 Å². The predicted octanol–water partition coefficient (Wildman–Crippen LogP) is 0.302. The highest BCUT2D eigenvalue weighted by atomic mass is 35.5. The van der Waals surface area contributed by atoms with Crippen molar-refractivity contribution in [2.75, 3.05) is 33.4 Å². The van der Waals surface area contributed by atoms with Crippen molar-refractivity contribution < 1.29 is 14.3 Å². The molecule has 0 saturated carbocycles. The fraction of sp³-hybridized carbons (Fsp3) is 0.875. The highest BCUT2D eigenvalue weighted by molar-refractivity contribution is 5.85.